The van der Waals surface area contributed by atoms with Gasteiger partial charge in [0.15, 0.2) is 0 Å². The maximum absolute atomic E-state index is 11.9. The van der Waals surface area contributed by atoms with Crippen LogP contribution in [-0.4, -0.2) is 12.3 Å². The van der Waals surface area contributed by atoms with Crippen molar-refractivity contribution in [2.75, 3.05) is 6.54 Å². The van der Waals surface area contributed by atoms with E-state index in [1.165, 1.54) is 18.7 Å². The normalized spacial score (nSPS) is 17.4. The molecular formula is C12H14N2OS. The van der Waals surface area contributed by atoms with Crippen molar-refractivity contribution in [2.45, 2.75) is 20.2 Å². The molecule has 4 heteroatoms. The molecule has 1 aromatic heterocycles. The average molecular weight is 236 g/mol. The topological polar surface area (TPSA) is 52.9 Å². The Morgan fingerprint density at radius 1 is 1.69 bits per heavy atom. The SMILES string of the molecule is N#C/C(C(=O)c1cccs1)=C1\CCCN1.[3H]C. The third-order valence-corrected chi connectivity index (χ3v) is 3.20. The summed E-state index contributed by atoms with van der Waals surface area (Å²) in [6.07, 6.45) is 1.80. The van der Waals surface area contributed by atoms with E-state index in [0.717, 1.165) is 25.1 Å². The van der Waals surface area contributed by atoms with Crippen molar-refractivity contribution in [1.82, 2.24) is 5.32 Å². The number of hydrogen-bond donors (Lipinski definition) is 1. The van der Waals surface area contributed by atoms with E-state index in [1.54, 1.807) is 6.07 Å². The summed E-state index contributed by atoms with van der Waals surface area (Å²) in [7, 11) is 1.25. The number of nitriles is 1. The van der Waals surface area contributed by atoms with Crippen molar-refractivity contribution >= 4 is 17.1 Å². The quantitative estimate of drug-likeness (QED) is 0.488. The second kappa shape index (κ2) is 5.47. The Kier molecular flexibility index (Phi) is 3.73. The van der Waals surface area contributed by atoms with Gasteiger partial charge in [0.1, 0.15) is 11.6 Å². The predicted octanol–water partition coefficient (Wildman–Crippen LogP) is 2.73. The molecule has 1 aliphatic rings. The van der Waals surface area contributed by atoms with Crippen LogP contribution in [0.15, 0.2) is 28.8 Å². The first-order valence-electron chi connectivity index (χ1n) is 5.78. The number of rotatable bonds is 2. The van der Waals surface area contributed by atoms with E-state index in [-0.39, 0.29) is 11.4 Å². The lowest BCUT2D eigenvalue weighted by molar-refractivity contribution is 0.104. The van der Waals surface area contributed by atoms with E-state index >= 15 is 0 Å². The highest BCUT2D eigenvalue weighted by Gasteiger charge is 2.19. The van der Waals surface area contributed by atoms with E-state index in [2.05, 4.69) is 5.32 Å². The molecule has 0 spiro atoms. The molecule has 1 fully saturated rings. The van der Waals surface area contributed by atoms with E-state index in [4.69, 9.17) is 6.63 Å². The lowest BCUT2D eigenvalue weighted by Gasteiger charge is -2.01. The molecule has 1 aliphatic heterocycles. The first-order chi connectivity index (χ1) is 8.33. The number of Topliss-reactive ketones (excluding diaryl/α,β-unsaturated/α-hetero) is 1. The Labute approximate surface area is 101 Å². The van der Waals surface area contributed by atoms with Crippen LogP contribution in [0.5, 0.6) is 0 Å². The number of nitrogens with one attached hydrogen (secondary N) is 1. The highest BCUT2D eigenvalue weighted by Crippen LogP contribution is 2.20. The molecule has 1 saturated heterocycles. The Hall–Kier alpha value is -1.60. The maximum Gasteiger partial charge on any atom is 0.215 e. The van der Waals surface area contributed by atoms with Crippen molar-refractivity contribution in [2.24, 2.45) is 0 Å². The van der Waals surface area contributed by atoms with Crippen LogP contribution in [0.4, 0.5) is 0 Å². The lowest BCUT2D eigenvalue weighted by Crippen LogP contribution is -2.11. The van der Waals surface area contributed by atoms with Crippen molar-refractivity contribution in [3.05, 3.63) is 33.7 Å². The van der Waals surface area contributed by atoms with E-state index < -0.39 is 0 Å². The van der Waals surface area contributed by atoms with Gasteiger partial charge in [0.25, 0.3) is 0 Å². The summed E-state index contributed by atoms with van der Waals surface area (Å²) in [5, 5.41) is 13.9. The van der Waals surface area contributed by atoms with Crippen LogP contribution in [0.2, 0.25) is 0 Å². The van der Waals surface area contributed by atoms with Gasteiger partial charge >= 0.3 is 0 Å². The third kappa shape index (κ3) is 2.31. The summed E-state index contributed by atoms with van der Waals surface area (Å²) < 4.78 is 5.75. The van der Waals surface area contributed by atoms with Gasteiger partial charge in [-0.15, -0.1) is 11.3 Å². The lowest BCUT2D eigenvalue weighted by atomic mass is 10.1. The van der Waals surface area contributed by atoms with Crippen LogP contribution in [0.25, 0.3) is 0 Å². The molecule has 2 rings (SSSR count). The first-order valence-corrected chi connectivity index (χ1v) is 5.66. The molecule has 3 nitrogen and oxygen atoms in total. The van der Waals surface area contributed by atoms with Crippen molar-refractivity contribution < 1.29 is 6.17 Å². The van der Waals surface area contributed by atoms with Crippen LogP contribution in [0, 0.1) is 11.3 Å². The van der Waals surface area contributed by atoms with Gasteiger partial charge in [-0.05, 0) is 24.3 Å². The highest BCUT2D eigenvalue weighted by atomic mass is 32.1. The van der Waals surface area contributed by atoms with Gasteiger partial charge in [0, 0.05) is 13.6 Å². The molecule has 1 aromatic rings. The van der Waals surface area contributed by atoms with Gasteiger partial charge in [-0.2, -0.15) is 5.26 Å². The molecule has 0 saturated carbocycles. The highest BCUT2D eigenvalue weighted by molar-refractivity contribution is 7.12. The second-order valence-corrected chi connectivity index (χ2v) is 4.25. The number of carbonyl (C=O) groups is 1. The van der Waals surface area contributed by atoms with E-state index in [9.17, 15) is 4.79 Å². The van der Waals surface area contributed by atoms with Gasteiger partial charge in [0.2, 0.25) is 5.78 Å². The first kappa shape index (κ1) is 10.9. The maximum atomic E-state index is 11.9. The Balaban J connectivity index is 0.000000686. The van der Waals surface area contributed by atoms with Crippen LogP contribution >= 0.6 is 11.3 Å². The van der Waals surface area contributed by atoms with Crippen LogP contribution in [0.1, 0.15) is 31.3 Å². The van der Waals surface area contributed by atoms with Crippen LogP contribution < -0.4 is 5.32 Å². The summed E-state index contributed by atoms with van der Waals surface area (Å²) in [5.41, 5.74) is 1.07. The summed E-state index contributed by atoms with van der Waals surface area (Å²) in [6.45, 7) is 0.859. The van der Waals surface area contributed by atoms with Gasteiger partial charge in [-0.3, -0.25) is 4.79 Å². The predicted molar refractivity (Wildman–Crippen MR) is 65.3 cm³/mol. The Morgan fingerprint density at radius 2 is 2.50 bits per heavy atom. The fourth-order valence-electron chi connectivity index (χ4n) is 1.59. The average Bonchev–Trinajstić information content (AvgIpc) is 3.05. The zero-order valence-corrected chi connectivity index (χ0v) is 9.93. The molecule has 0 aromatic carbocycles. The molecule has 16 heavy (non-hydrogen) atoms. The molecule has 0 radical (unpaired) electrons. The molecule has 0 unspecified atom stereocenters. The molecule has 0 aliphatic carbocycles. The number of ketones is 1. The van der Waals surface area contributed by atoms with Crippen molar-refractivity contribution in [3.63, 3.8) is 0 Å². The van der Waals surface area contributed by atoms with Gasteiger partial charge < -0.3 is 5.32 Å². The molecule has 0 amide bonds. The fourth-order valence-corrected chi connectivity index (χ4v) is 2.26. The van der Waals surface area contributed by atoms with Gasteiger partial charge in [0.05, 0.1) is 4.88 Å². The molecular weight excluding hydrogens is 220 g/mol. The number of hydrogen-bond acceptors (Lipinski definition) is 4. The number of thiophene rings is 1. The molecule has 2 heterocycles. The van der Waals surface area contributed by atoms with Crippen molar-refractivity contribution in [1.29, 1.82) is 5.26 Å². The largest absolute Gasteiger partial charge is 0.387 e. The van der Waals surface area contributed by atoms with Crippen LogP contribution in [0.3, 0.4) is 0 Å². The minimum Gasteiger partial charge on any atom is -0.387 e. The Morgan fingerprint density at radius 3 is 3.00 bits per heavy atom. The number of allylic oxidation sites excluding steroid dienone is 2. The second-order valence-electron chi connectivity index (χ2n) is 3.30. The summed E-state index contributed by atoms with van der Waals surface area (Å²) >= 11 is 1.37. The standard InChI is InChI=1S/C11H10N2OS.CH4/c12-7-8(9-3-1-5-13-9)11(14)10-4-2-6-15-10;/h2,4,6,13H,1,3,5H2;1H4/b9-8-;/i;1T. The zero-order chi connectivity index (χ0) is 12.7. The van der Waals surface area contributed by atoms with E-state index in [0.29, 0.717) is 4.88 Å². The Bertz CT molecular complexity index is 438. The molecule has 0 atom stereocenters. The monoisotopic (exact) mass is 236 g/mol. The zero-order valence-electron chi connectivity index (χ0n) is 10.1. The number of nitrogens with zero attached hydrogens (tertiary/aromatic N) is 1. The van der Waals surface area contributed by atoms with Gasteiger partial charge in [-0.25, -0.2) is 0 Å². The molecule has 0 bridgehead atoms. The summed E-state index contributed by atoms with van der Waals surface area (Å²) in [4.78, 5) is 12.5. The smallest absolute Gasteiger partial charge is 0.215 e. The summed E-state index contributed by atoms with van der Waals surface area (Å²) in [5.74, 6) is -0.156. The third-order valence-electron chi connectivity index (χ3n) is 2.33. The fraction of sp³-hybridized carbons (Fsp3) is 0.333. The number of carbonyl (C=O) groups excluding carboxylic acids is 1. The summed E-state index contributed by atoms with van der Waals surface area (Å²) in [6, 6.07) is 5.58. The van der Waals surface area contributed by atoms with Gasteiger partial charge in [-0.1, -0.05) is 13.5 Å². The minimum atomic E-state index is -0.156. The molecule has 84 valence electrons. The van der Waals surface area contributed by atoms with Crippen molar-refractivity contribution in [3.8, 4) is 6.07 Å². The van der Waals surface area contributed by atoms with E-state index in [1.807, 2.05) is 17.5 Å². The molecule has 1 N–H and O–H groups in total. The minimum absolute atomic E-state index is 0.156. The van der Waals surface area contributed by atoms with Crippen LogP contribution in [-0.2, 0) is 0 Å².